The molecule has 0 saturated heterocycles. The minimum absolute atomic E-state index is 0.100. The molecule has 1 unspecified atom stereocenters. The van der Waals surface area contributed by atoms with E-state index < -0.39 is 12.5 Å². The van der Waals surface area contributed by atoms with Gasteiger partial charge in [-0.25, -0.2) is 8.78 Å². The van der Waals surface area contributed by atoms with Crippen molar-refractivity contribution in [2.24, 2.45) is 7.05 Å². The molecule has 0 radical (unpaired) electrons. The van der Waals surface area contributed by atoms with Crippen molar-refractivity contribution in [3.8, 4) is 0 Å². The highest BCUT2D eigenvalue weighted by atomic mass is 35.5. The third kappa shape index (κ3) is 3.41. The lowest BCUT2D eigenvalue weighted by Gasteiger charge is -2.13. The summed E-state index contributed by atoms with van der Waals surface area (Å²) in [6, 6.07) is 5.80. The van der Waals surface area contributed by atoms with E-state index in [1.165, 1.54) is 18.2 Å². The fraction of sp³-hybridized carbons (Fsp3) is 0.400. The number of aryl methyl sites for hydroxylation is 2. The Morgan fingerprint density at radius 3 is 2.57 bits per heavy atom. The molecule has 0 aliphatic carbocycles. The highest BCUT2D eigenvalue weighted by Crippen LogP contribution is 2.28. The zero-order valence-corrected chi connectivity index (χ0v) is 12.6. The van der Waals surface area contributed by atoms with E-state index in [1.807, 2.05) is 6.92 Å². The molecular weight excluding hydrogens is 298 g/mol. The molecule has 3 nitrogen and oxygen atoms in total. The summed E-state index contributed by atoms with van der Waals surface area (Å²) in [5.74, 6) is 0. The van der Waals surface area contributed by atoms with Crippen molar-refractivity contribution in [2.45, 2.75) is 32.3 Å². The molecule has 21 heavy (non-hydrogen) atoms. The summed E-state index contributed by atoms with van der Waals surface area (Å²) in [4.78, 5) is 0. The first-order valence-corrected chi connectivity index (χ1v) is 7.08. The molecule has 1 atom stereocenters. The van der Waals surface area contributed by atoms with Gasteiger partial charge in [-0.1, -0.05) is 36.7 Å². The number of hydrogen-bond donors (Lipinski definition) is 1. The first-order valence-electron chi connectivity index (χ1n) is 6.70. The largest absolute Gasteiger partial charge is 0.388 e. The van der Waals surface area contributed by atoms with Gasteiger partial charge in [0.25, 0.3) is 6.43 Å². The summed E-state index contributed by atoms with van der Waals surface area (Å²) in [6.45, 7) is 1.94. The van der Waals surface area contributed by atoms with E-state index in [2.05, 4.69) is 5.10 Å². The lowest BCUT2D eigenvalue weighted by molar-refractivity contribution is 0.149. The van der Waals surface area contributed by atoms with Crippen molar-refractivity contribution in [3.63, 3.8) is 0 Å². The van der Waals surface area contributed by atoms with Gasteiger partial charge in [0.2, 0.25) is 0 Å². The number of halogens is 3. The van der Waals surface area contributed by atoms with Gasteiger partial charge in [-0.3, -0.25) is 4.68 Å². The van der Waals surface area contributed by atoms with Crippen LogP contribution in [-0.4, -0.2) is 14.9 Å². The maximum absolute atomic E-state index is 12.7. The topological polar surface area (TPSA) is 38.0 Å². The zero-order valence-electron chi connectivity index (χ0n) is 11.9. The van der Waals surface area contributed by atoms with Crippen LogP contribution < -0.4 is 0 Å². The van der Waals surface area contributed by atoms with Crippen molar-refractivity contribution in [3.05, 3.63) is 51.8 Å². The average molecular weight is 315 g/mol. The van der Waals surface area contributed by atoms with Gasteiger partial charge in [-0.05, 0) is 18.1 Å². The molecule has 0 aliphatic rings. The predicted molar refractivity (Wildman–Crippen MR) is 77.7 cm³/mol. The van der Waals surface area contributed by atoms with Gasteiger partial charge in [0.15, 0.2) is 0 Å². The number of nitrogens with zero attached hydrogens (tertiary/aromatic N) is 2. The summed E-state index contributed by atoms with van der Waals surface area (Å²) >= 11 is 6.23. The van der Waals surface area contributed by atoms with Crippen molar-refractivity contribution in [1.82, 2.24) is 9.78 Å². The molecule has 1 aromatic carbocycles. The van der Waals surface area contributed by atoms with Crippen molar-refractivity contribution in [2.75, 3.05) is 0 Å². The third-order valence-corrected chi connectivity index (χ3v) is 3.87. The summed E-state index contributed by atoms with van der Waals surface area (Å²) in [7, 11) is 1.75. The zero-order chi connectivity index (χ0) is 15.6. The molecule has 0 aliphatic heterocycles. The van der Waals surface area contributed by atoms with Gasteiger partial charge < -0.3 is 5.11 Å². The van der Waals surface area contributed by atoms with E-state index in [-0.39, 0.29) is 12.0 Å². The highest BCUT2D eigenvalue weighted by Gasteiger charge is 2.18. The van der Waals surface area contributed by atoms with Gasteiger partial charge in [0, 0.05) is 19.0 Å². The van der Waals surface area contributed by atoms with Crippen LogP contribution in [0.3, 0.4) is 0 Å². The Morgan fingerprint density at radius 2 is 2.00 bits per heavy atom. The summed E-state index contributed by atoms with van der Waals surface area (Å²) in [5, 5.41) is 15.1. The number of alkyl halides is 2. The van der Waals surface area contributed by atoms with Crippen LogP contribution in [0.4, 0.5) is 8.78 Å². The van der Waals surface area contributed by atoms with Gasteiger partial charge in [-0.15, -0.1) is 0 Å². The molecule has 0 fully saturated rings. The molecule has 6 heteroatoms. The van der Waals surface area contributed by atoms with E-state index in [9.17, 15) is 13.9 Å². The lowest BCUT2D eigenvalue weighted by Crippen LogP contribution is -2.07. The molecule has 1 aromatic heterocycles. The first-order chi connectivity index (χ1) is 9.93. The van der Waals surface area contributed by atoms with Crippen LogP contribution in [0, 0.1) is 0 Å². The minimum atomic E-state index is -2.55. The van der Waals surface area contributed by atoms with Gasteiger partial charge in [0.1, 0.15) is 0 Å². The molecule has 114 valence electrons. The average Bonchev–Trinajstić information content (AvgIpc) is 2.74. The molecule has 2 aromatic rings. The van der Waals surface area contributed by atoms with E-state index in [4.69, 9.17) is 11.6 Å². The molecular formula is C15H17ClF2N2O. The van der Waals surface area contributed by atoms with Crippen LogP contribution in [0.25, 0.3) is 0 Å². The summed E-state index contributed by atoms with van der Waals surface area (Å²) in [5.41, 5.74) is 1.81. The van der Waals surface area contributed by atoms with Crippen molar-refractivity contribution < 1.29 is 13.9 Å². The second kappa shape index (κ2) is 6.54. The summed E-state index contributed by atoms with van der Waals surface area (Å²) in [6.07, 6.45) is -2.52. The third-order valence-electron chi connectivity index (χ3n) is 3.44. The number of hydrogen-bond acceptors (Lipinski definition) is 2. The SMILES string of the molecule is CCc1nn(C)c(CC(O)c2cccc(C(F)F)c2)c1Cl. The lowest BCUT2D eigenvalue weighted by atomic mass is 10.0. The van der Waals surface area contributed by atoms with Crippen LogP contribution in [-0.2, 0) is 19.9 Å². The number of aliphatic hydroxyl groups is 1. The second-order valence-electron chi connectivity index (χ2n) is 4.88. The van der Waals surface area contributed by atoms with Crippen LogP contribution >= 0.6 is 11.6 Å². The van der Waals surface area contributed by atoms with Crippen LogP contribution in [0.1, 0.15) is 42.0 Å². The fourth-order valence-electron chi connectivity index (χ4n) is 2.24. The predicted octanol–water partition coefficient (Wildman–Crippen LogP) is 3.85. The normalized spacial score (nSPS) is 12.9. The Labute approximate surface area is 127 Å². The van der Waals surface area contributed by atoms with Gasteiger partial charge in [-0.2, -0.15) is 5.10 Å². The molecule has 0 spiro atoms. The molecule has 0 bridgehead atoms. The smallest absolute Gasteiger partial charge is 0.263 e. The van der Waals surface area contributed by atoms with E-state index >= 15 is 0 Å². The van der Waals surface area contributed by atoms with Gasteiger partial charge >= 0.3 is 0 Å². The molecule has 1 N–H and O–H groups in total. The Kier molecular flexibility index (Phi) is 4.96. The van der Waals surface area contributed by atoms with Crippen LogP contribution in [0.2, 0.25) is 5.02 Å². The molecule has 2 rings (SSSR count). The van der Waals surface area contributed by atoms with E-state index in [1.54, 1.807) is 17.8 Å². The first kappa shape index (κ1) is 15.9. The maximum atomic E-state index is 12.7. The molecule has 0 saturated carbocycles. The molecule has 0 amide bonds. The van der Waals surface area contributed by atoms with Crippen molar-refractivity contribution >= 4 is 11.6 Å². The quantitative estimate of drug-likeness (QED) is 0.910. The number of rotatable bonds is 5. The van der Waals surface area contributed by atoms with E-state index in [0.717, 1.165) is 5.69 Å². The number of aromatic nitrogens is 2. The Bertz CT molecular complexity index is 628. The minimum Gasteiger partial charge on any atom is -0.388 e. The Morgan fingerprint density at radius 1 is 1.33 bits per heavy atom. The Balaban J connectivity index is 2.24. The Hall–Kier alpha value is -1.46. The monoisotopic (exact) mass is 314 g/mol. The van der Waals surface area contributed by atoms with Crippen LogP contribution in [0.15, 0.2) is 24.3 Å². The maximum Gasteiger partial charge on any atom is 0.263 e. The fourth-order valence-corrected chi connectivity index (χ4v) is 2.62. The highest BCUT2D eigenvalue weighted by molar-refractivity contribution is 6.31. The number of aliphatic hydroxyl groups excluding tert-OH is 1. The standard InChI is InChI=1S/C15H17ClF2N2O/c1-3-11-14(16)12(20(2)19-11)8-13(21)9-5-4-6-10(7-9)15(17)18/h4-7,13,15,21H,3,8H2,1-2H3. The number of benzene rings is 1. The van der Waals surface area contributed by atoms with Crippen LogP contribution in [0.5, 0.6) is 0 Å². The summed E-state index contributed by atoms with van der Waals surface area (Å²) < 4.78 is 27.0. The van der Waals surface area contributed by atoms with Gasteiger partial charge in [0.05, 0.1) is 22.5 Å². The second-order valence-corrected chi connectivity index (χ2v) is 5.25. The molecule has 1 heterocycles. The van der Waals surface area contributed by atoms with Crippen molar-refractivity contribution in [1.29, 1.82) is 0 Å². The van der Waals surface area contributed by atoms with E-state index in [0.29, 0.717) is 22.7 Å².